The van der Waals surface area contributed by atoms with Crippen LogP contribution in [-0.4, -0.2) is 48.3 Å². The van der Waals surface area contributed by atoms with Gasteiger partial charge in [-0.05, 0) is 29.5 Å². The Bertz CT molecular complexity index is 970. The number of benzene rings is 3. The summed E-state index contributed by atoms with van der Waals surface area (Å²) in [5, 5.41) is 0. The number of carbonyl (C=O) groups is 1. The molecule has 1 fully saturated rings. The second kappa shape index (κ2) is 9.17. The van der Waals surface area contributed by atoms with Gasteiger partial charge in [-0.15, -0.1) is 0 Å². The maximum Gasteiger partial charge on any atom is 0.167 e. The lowest BCUT2D eigenvalue weighted by Crippen LogP contribution is -2.49. The molecule has 1 atom stereocenters. The van der Waals surface area contributed by atoms with Crippen molar-refractivity contribution in [2.45, 2.75) is 18.9 Å². The molecule has 1 heterocycles. The second-order valence-corrected chi connectivity index (χ2v) is 8.82. The van der Waals surface area contributed by atoms with Crippen molar-refractivity contribution in [3.05, 3.63) is 107 Å². The average Bonchev–Trinajstić information content (AvgIpc) is 2.84. The summed E-state index contributed by atoms with van der Waals surface area (Å²) in [6, 6.07) is 30.1. The summed E-state index contributed by atoms with van der Waals surface area (Å²) in [7, 11) is 0. The summed E-state index contributed by atoms with van der Waals surface area (Å²) in [5.41, 5.74) is 4.87. The molecule has 31 heavy (non-hydrogen) atoms. The molecule has 3 aromatic rings. The molecule has 1 saturated heterocycles. The van der Waals surface area contributed by atoms with Crippen LogP contribution < -0.4 is 0 Å². The molecule has 0 aromatic heterocycles. The van der Waals surface area contributed by atoms with Crippen molar-refractivity contribution in [2.24, 2.45) is 5.92 Å². The smallest absolute Gasteiger partial charge is 0.167 e. The van der Waals surface area contributed by atoms with Crippen LogP contribution in [0.25, 0.3) is 0 Å². The molecule has 0 saturated carbocycles. The molecule has 158 valence electrons. The predicted molar refractivity (Wildman–Crippen MR) is 125 cm³/mol. The van der Waals surface area contributed by atoms with Crippen LogP contribution in [0.15, 0.2) is 84.9 Å². The van der Waals surface area contributed by atoms with Crippen molar-refractivity contribution in [3.63, 3.8) is 0 Å². The number of piperazine rings is 1. The van der Waals surface area contributed by atoms with Gasteiger partial charge in [0.15, 0.2) is 5.78 Å². The van der Waals surface area contributed by atoms with E-state index in [1.807, 2.05) is 18.2 Å². The van der Waals surface area contributed by atoms with E-state index in [2.05, 4.69) is 76.5 Å². The summed E-state index contributed by atoms with van der Waals surface area (Å²) in [6.45, 7) is 4.96. The van der Waals surface area contributed by atoms with Crippen LogP contribution in [0.3, 0.4) is 0 Å². The Balaban J connectivity index is 1.26. The molecule has 1 unspecified atom stereocenters. The SMILES string of the molecule is O=C1c2ccccc2CCC1CN1CCN(C(c2ccccc2)c2ccccc2)CC1. The lowest BCUT2D eigenvalue weighted by atomic mass is 9.82. The molecule has 0 N–H and O–H groups in total. The Kier molecular flexibility index (Phi) is 5.97. The van der Waals surface area contributed by atoms with E-state index in [0.29, 0.717) is 5.78 Å². The zero-order valence-electron chi connectivity index (χ0n) is 18.0. The van der Waals surface area contributed by atoms with Crippen LogP contribution in [-0.2, 0) is 6.42 Å². The Hall–Kier alpha value is -2.75. The van der Waals surface area contributed by atoms with Crippen LogP contribution >= 0.6 is 0 Å². The van der Waals surface area contributed by atoms with Gasteiger partial charge < -0.3 is 4.90 Å². The molecule has 3 nitrogen and oxygen atoms in total. The van der Waals surface area contributed by atoms with Gasteiger partial charge in [-0.25, -0.2) is 0 Å². The first kappa shape index (κ1) is 20.2. The maximum absolute atomic E-state index is 13.0. The second-order valence-electron chi connectivity index (χ2n) is 8.82. The van der Waals surface area contributed by atoms with Crippen molar-refractivity contribution in [3.8, 4) is 0 Å². The molecular weight excluding hydrogens is 380 g/mol. The summed E-state index contributed by atoms with van der Waals surface area (Å²) < 4.78 is 0. The quantitative estimate of drug-likeness (QED) is 0.601. The van der Waals surface area contributed by atoms with Crippen molar-refractivity contribution in [1.29, 1.82) is 0 Å². The summed E-state index contributed by atoms with van der Waals surface area (Å²) in [6.07, 6.45) is 2.00. The number of rotatable bonds is 5. The van der Waals surface area contributed by atoms with Crippen LogP contribution in [0, 0.1) is 5.92 Å². The van der Waals surface area contributed by atoms with Gasteiger partial charge in [0.05, 0.1) is 6.04 Å². The number of fused-ring (bicyclic) bond motifs is 1. The van der Waals surface area contributed by atoms with Gasteiger partial charge in [0.25, 0.3) is 0 Å². The van der Waals surface area contributed by atoms with E-state index in [1.165, 1.54) is 16.7 Å². The summed E-state index contributed by atoms with van der Waals surface area (Å²) in [5.74, 6) is 0.483. The van der Waals surface area contributed by atoms with Gasteiger partial charge >= 0.3 is 0 Å². The van der Waals surface area contributed by atoms with Crippen LogP contribution in [0.5, 0.6) is 0 Å². The fraction of sp³-hybridized carbons (Fsp3) is 0.321. The first-order valence-corrected chi connectivity index (χ1v) is 11.5. The van der Waals surface area contributed by atoms with E-state index in [-0.39, 0.29) is 12.0 Å². The van der Waals surface area contributed by atoms with Gasteiger partial charge in [0.1, 0.15) is 0 Å². The minimum Gasteiger partial charge on any atom is -0.300 e. The third kappa shape index (κ3) is 4.34. The Morgan fingerprint density at radius 1 is 0.742 bits per heavy atom. The molecule has 0 amide bonds. The molecule has 1 aliphatic carbocycles. The topological polar surface area (TPSA) is 23.6 Å². The number of aryl methyl sites for hydroxylation is 1. The first-order valence-electron chi connectivity index (χ1n) is 11.5. The third-order valence-corrected chi connectivity index (χ3v) is 6.90. The van der Waals surface area contributed by atoms with Crippen molar-refractivity contribution in [1.82, 2.24) is 9.80 Å². The predicted octanol–water partition coefficient (Wildman–Crippen LogP) is 4.84. The molecule has 3 heteroatoms. The molecule has 0 bridgehead atoms. The van der Waals surface area contributed by atoms with Gasteiger partial charge in [-0.2, -0.15) is 0 Å². The lowest BCUT2D eigenvalue weighted by Gasteiger charge is -2.41. The van der Waals surface area contributed by atoms with Crippen molar-refractivity contribution in [2.75, 3.05) is 32.7 Å². The average molecular weight is 411 g/mol. The fourth-order valence-electron chi connectivity index (χ4n) is 5.23. The van der Waals surface area contributed by atoms with Gasteiger partial charge in [0, 0.05) is 44.2 Å². The van der Waals surface area contributed by atoms with E-state index in [4.69, 9.17) is 0 Å². The van der Waals surface area contributed by atoms with Crippen LogP contribution in [0.4, 0.5) is 0 Å². The first-order chi connectivity index (χ1) is 15.3. The number of Topliss-reactive ketones (excluding diaryl/α,β-unsaturated/α-hetero) is 1. The van der Waals surface area contributed by atoms with Gasteiger partial charge in [-0.3, -0.25) is 9.69 Å². The van der Waals surface area contributed by atoms with E-state index in [9.17, 15) is 4.79 Å². The zero-order valence-corrected chi connectivity index (χ0v) is 18.0. The lowest BCUT2D eigenvalue weighted by molar-refractivity contribution is 0.0746. The highest BCUT2D eigenvalue weighted by Crippen LogP contribution is 2.30. The van der Waals surface area contributed by atoms with Crippen molar-refractivity contribution >= 4 is 5.78 Å². The van der Waals surface area contributed by atoms with Gasteiger partial charge in [0.2, 0.25) is 0 Å². The summed E-state index contributed by atoms with van der Waals surface area (Å²) >= 11 is 0. The highest BCUT2D eigenvalue weighted by Gasteiger charge is 2.31. The van der Waals surface area contributed by atoms with Crippen LogP contribution in [0.1, 0.15) is 39.5 Å². The summed E-state index contributed by atoms with van der Waals surface area (Å²) in [4.78, 5) is 18.1. The molecule has 0 spiro atoms. The monoisotopic (exact) mass is 410 g/mol. The maximum atomic E-state index is 13.0. The number of hydrogen-bond donors (Lipinski definition) is 0. The standard InChI is InChI=1S/C28H30N2O/c31-28-25(16-15-22-9-7-8-14-26(22)28)21-29-17-19-30(20-18-29)27(23-10-3-1-4-11-23)24-12-5-2-6-13-24/h1-14,25,27H,15-21H2. The third-order valence-electron chi connectivity index (χ3n) is 6.90. The Morgan fingerprint density at radius 2 is 1.32 bits per heavy atom. The highest BCUT2D eigenvalue weighted by atomic mass is 16.1. The normalized spacial score (nSPS) is 20.0. The van der Waals surface area contributed by atoms with E-state index in [1.54, 1.807) is 0 Å². The molecular formula is C28H30N2O. The zero-order chi connectivity index (χ0) is 21.0. The number of nitrogens with zero attached hydrogens (tertiary/aromatic N) is 2. The molecule has 1 aliphatic heterocycles. The minimum absolute atomic E-state index is 0.139. The largest absolute Gasteiger partial charge is 0.300 e. The number of hydrogen-bond acceptors (Lipinski definition) is 3. The molecule has 0 radical (unpaired) electrons. The number of carbonyl (C=O) groups excluding carboxylic acids is 1. The van der Waals surface area contributed by atoms with Crippen molar-refractivity contribution < 1.29 is 4.79 Å². The fourth-order valence-corrected chi connectivity index (χ4v) is 5.23. The van der Waals surface area contributed by atoms with E-state index >= 15 is 0 Å². The Morgan fingerprint density at radius 3 is 1.97 bits per heavy atom. The Labute approximate surface area is 185 Å². The minimum atomic E-state index is 0.139. The molecule has 2 aliphatic rings. The van der Waals surface area contributed by atoms with E-state index in [0.717, 1.165) is 51.1 Å². The van der Waals surface area contributed by atoms with E-state index < -0.39 is 0 Å². The van der Waals surface area contributed by atoms with Crippen LogP contribution in [0.2, 0.25) is 0 Å². The number of ketones is 1. The van der Waals surface area contributed by atoms with Gasteiger partial charge in [-0.1, -0.05) is 84.9 Å². The highest BCUT2D eigenvalue weighted by molar-refractivity contribution is 6.00. The molecule has 5 rings (SSSR count). The molecule has 3 aromatic carbocycles.